The van der Waals surface area contributed by atoms with Crippen molar-refractivity contribution in [3.63, 3.8) is 0 Å². The van der Waals surface area contributed by atoms with Crippen LogP contribution in [0.1, 0.15) is 5.76 Å². The molecule has 1 aromatic carbocycles. The van der Waals surface area contributed by atoms with Gasteiger partial charge in [-0.1, -0.05) is 0 Å². The maximum absolute atomic E-state index is 12.1. The predicted molar refractivity (Wildman–Crippen MR) is 93.4 cm³/mol. The van der Waals surface area contributed by atoms with Crippen LogP contribution in [0.25, 0.3) is 11.3 Å². The van der Waals surface area contributed by atoms with E-state index in [9.17, 15) is 9.59 Å². The molecule has 3 rings (SSSR count). The Kier molecular flexibility index (Phi) is 5.79. The number of carbonyl (C=O) groups excluding carboxylic acids is 2. The van der Waals surface area contributed by atoms with Crippen molar-refractivity contribution in [3.05, 3.63) is 42.2 Å². The molecule has 0 spiro atoms. The average Bonchev–Trinajstić information content (AvgIpc) is 3.23. The molecule has 0 aliphatic carbocycles. The summed E-state index contributed by atoms with van der Waals surface area (Å²) in [6, 6.07) is 9.44. The molecule has 1 aromatic heterocycles. The summed E-state index contributed by atoms with van der Waals surface area (Å²) in [5.41, 5.74) is 3.34. The van der Waals surface area contributed by atoms with E-state index in [1.807, 2.05) is 5.48 Å². The smallest absolute Gasteiger partial charge is 0.349 e. The van der Waals surface area contributed by atoms with Crippen molar-refractivity contribution >= 4 is 32.4 Å². The van der Waals surface area contributed by atoms with Gasteiger partial charge in [-0.05, 0) is 36.4 Å². The van der Waals surface area contributed by atoms with Crippen LogP contribution in [-0.4, -0.2) is 56.3 Å². The molecule has 2 heterocycles. The fourth-order valence-corrected chi connectivity index (χ4v) is 2.49. The van der Waals surface area contributed by atoms with E-state index in [0.29, 0.717) is 22.1 Å². The van der Waals surface area contributed by atoms with Gasteiger partial charge in [-0.15, -0.1) is 0 Å². The van der Waals surface area contributed by atoms with Gasteiger partial charge in [0.25, 0.3) is 5.91 Å². The highest BCUT2D eigenvalue weighted by Gasteiger charge is 2.36. The molecule has 0 atom stereocenters. The van der Waals surface area contributed by atoms with Crippen LogP contribution >= 0.6 is 8.60 Å². The summed E-state index contributed by atoms with van der Waals surface area (Å²) < 4.78 is 10.1. The molecule has 0 unspecified atom stereocenters. The number of nitrogens with one attached hydrogen (secondary N) is 1. The second-order valence-electron chi connectivity index (χ2n) is 5.31. The van der Waals surface area contributed by atoms with Crippen molar-refractivity contribution in [2.75, 3.05) is 18.8 Å². The first-order chi connectivity index (χ1) is 13.0. The van der Waals surface area contributed by atoms with Gasteiger partial charge >= 0.3 is 14.6 Å². The van der Waals surface area contributed by atoms with Crippen molar-refractivity contribution in [1.82, 2.24) is 9.91 Å². The Bertz CT molecular complexity index is 852. The molecule has 0 radical (unpaired) electrons. The quantitative estimate of drug-likeness (QED) is 0.239. The number of carbonyl (C=O) groups is 2. The molecule has 27 heavy (non-hydrogen) atoms. The van der Waals surface area contributed by atoms with Crippen LogP contribution in [0.2, 0.25) is 0 Å². The minimum Gasteiger partial charge on any atom is -0.455 e. The molecule has 1 saturated heterocycles. The van der Waals surface area contributed by atoms with Gasteiger partial charge in [-0.25, -0.2) is 14.7 Å². The first kappa shape index (κ1) is 19.0. The summed E-state index contributed by atoms with van der Waals surface area (Å²) in [7, 11) is -2.67. The Morgan fingerprint density at radius 2 is 1.96 bits per heavy atom. The lowest BCUT2D eigenvalue weighted by Gasteiger charge is -2.13. The normalized spacial score (nSPS) is 14.8. The van der Waals surface area contributed by atoms with Crippen molar-refractivity contribution in [2.45, 2.75) is 0 Å². The molecular formula is C15H15N4O7P. The summed E-state index contributed by atoms with van der Waals surface area (Å²) >= 11 is 0. The van der Waals surface area contributed by atoms with Gasteiger partial charge in [0, 0.05) is 5.56 Å². The van der Waals surface area contributed by atoms with Gasteiger partial charge in [-0.3, -0.25) is 20.0 Å². The van der Waals surface area contributed by atoms with Crippen LogP contribution in [0.15, 0.2) is 45.9 Å². The molecule has 142 valence electrons. The molecular weight excluding hydrogens is 379 g/mol. The first-order valence-corrected chi connectivity index (χ1v) is 8.71. The Morgan fingerprint density at radius 1 is 1.22 bits per heavy atom. The van der Waals surface area contributed by atoms with Gasteiger partial charge in [0.15, 0.2) is 0 Å². The van der Waals surface area contributed by atoms with Crippen molar-refractivity contribution in [2.24, 2.45) is 5.10 Å². The fourth-order valence-electron chi connectivity index (χ4n) is 2.27. The summed E-state index contributed by atoms with van der Waals surface area (Å²) in [5, 5.41) is 13.6. The second-order valence-corrected chi connectivity index (χ2v) is 6.07. The summed E-state index contributed by atoms with van der Waals surface area (Å²) in [6.45, 7) is -0.858. The van der Waals surface area contributed by atoms with E-state index in [1.165, 1.54) is 6.21 Å². The SMILES string of the molecule is O=C1CN(/N=C/c2ccc(-c3ccc(NO)cc3)o2)C(=O)N1COP(O)O. The van der Waals surface area contributed by atoms with Crippen LogP contribution in [0.5, 0.6) is 0 Å². The van der Waals surface area contributed by atoms with Gasteiger partial charge in [0.1, 0.15) is 24.8 Å². The van der Waals surface area contributed by atoms with E-state index in [2.05, 4.69) is 9.63 Å². The minimum absolute atomic E-state index is 0.295. The maximum Gasteiger partial charge on any atom is 0.349 e. The zero-order valence-electron chi connectivity index (χ0n) is 13.7. The standard InChI is InChI=1S/C15H15N4O7P/c20-14-8-19(15(21)18(14)9-25-27(23)24)16-7-12-5-6-13(26-12)10-1-3-11(17-22)4-2-10/h1-7,17,22-24H,8-9H2/b16-7+. The van der Waals surface area contributed by atoms with Crippen LogP contribution in [0.3, 0.4) is 0 Å². The molecule has 0 saturated carbocycles. The van der Waals surface area contributed by atoms with Crippen LogP contribution in [0, 0.1) is 0 Å². The third-order valence-electron chi connectivity index (χ3n) is 3.59. The van der Waals surface area contributed by atoms with E-state index in [-0.39, 0.29) is 6.54 Å². The molecule has 1 fully saturated rings. The molecule has 4 N–H and O–H groups in total. The topological polar surface area (TPSA) is 148 Å². The van der Waals surface area contributed by atoms with E-state index in [0.717, 1.165) is 10.6 Å². The number of urea groups is 1. The number of amides is 3. The highest BCUT2D eigenvalue weighted by molar-refractivity contribution is 7.39. The lowest BCUT2D eigenvalue weighted by atomic mass is 10.1. The highest BCUT2D eigenvalue weighted by Crippen LogP contribution is 2.26. The van der Waals surface area contributed by atoms with Crippen molar-refractivity contribution in [3.8, 4) is 11.3 Å². The van der Waals surface area contributed by atoms with Crippen molar-refractivity contribution < 1.29 is 33.5 Å². The molecule has 0 bridgehead atoms. The van der Waals surface area contributed by atoms with Crippen LogP contribution in [-0.2, 0) is 9.32 Å². The average molecular weight is 394 g/mol. The number of nitrogens with zero attached hydrogens (tertiary/aromatic N) is 3. The number of hydrogen-bond donors (Lipinski definition) is 4. The monoisotopic (exact) mass is 394 g/mol. The molecule has 1 aliphatic rings. The largest absolute Gasteiger partial charge is 0.455 e. The Balaban J connectivity index is 1.65. The van der Waals surface area contributed by atoms with Crippen LogP contribution in [0.4, 0.5) is 10.5 Å². The van der Waals surface area contributed by atoms with E-state index < -0.39 is 27.3 Å². The number of benzene rings is 1. The molecule has 2 aromatic rings. The third-order valence-corrected chi connectivity index (χ3v) is 3.94. The number of anilines is 1. The number of rotatable bonds is 7. The summed E-state index contributed by atoms with van der Waals surface area (Å²) in [5.74, 6) is 0.337. The summed E-state index contributed by atoms with van der Waals surface area (Å²) in [4.78, 5) is 42.0. The number of hydrogen-bond acceptors (Lipinski definition) is 9. The third kappa shape index (κ3) is 4.48. The molecule has 1 aliphatic heterocycles. The Labute approximate surface area is 154 Å². The van der Waals surface area contributed by atoms with E-state index >= 15 is 0 Å². The van der Waals surface area contributed by atoms with E-state index in [4.69, 9.17) is 19.4 Å². The van der Waals surface area contributed by atoms with Crippen LogP contribution < -0.4 is 5.48 Å². The van der Waals surface area contributed by atoms with Crippen molar-refractivity contribution in [1.29, 1.82) is 0 Å². The van der Waals surface area contributed by atoms with Gasteiger partial charge in [0.05, 0.1) is 11.9 Å². The van der Waals surface area contributed by atoms with Gasteiger partial charge in [-0.2, -0.15) is 5.10 Å². The van der Waals surface area contributed by atoms with E-state index in [1.54, 1.807) is 36.4 Å². The minimum atomic E-state index is -2.67. The molecule has 12 heteroatoms. The van der Waals surface area contributed by atoms with Gasteiger partial charge < -0.3 is 14.2 Å². The zero-order chi connectivity index (χ0) is 19.4. The molecule has 11 nitrogen and oxygen atoms in total. The Morgan fingerprint density at radius 3 is 2.63 bits per heavy atom. The molecule has 3 amide bonds. The fraction of sp³-hybridized carbons (Fsp3) is 0.133. The zero-order valence-corrected chi connectivity index (χ0v) is 14.6. The number of furan rings is 1. The second kappa shape index (κ2) is 8.25. The first-order valence-electron chi connectivity index (χ1n) is 7.55. The van der Waals surface area contributed by atoms with Gasteiger partial charge in [0.2, 0.25) is 0 Å². The lowest BCUT2D eigenvalue weighted by Crippen LogP contribution is -2.32. The number of hydrazone groups is 1. The number of imide groups is 1. The predicted octanol–water partition coefficient (Wildman–Crippen LogP) is 1.53. The maximum atomic E-state index is 12.1. The summed E-state index contributed by atoms with van der Waals surface area (Å²) in [6.07, 6.45) is 1.29. The lowest BCUT2D eigenvalue weighted by molar-refractivity contribution is -0.127. The Hall–Kier alpha value is -2.82. The highest BCUT2D eigenvalue weighted by atomic mass is 31.2.